The fourth-order valence-electron chi connectivity index (χ4n) is 2.20. The molecule has 2 rings (SSSR count). The zero-order chi connectivity index (χ0) is 18.2. The molecular formula is C18H24N4O2S. The normalized spacial score (nSPS) is 10.7. The van der Waals surface area contributed by atoms with Crippen LogP contribution in [0.25, 0.3) is 0 Å². The molecule has 0 fully saturated rings. The minimum absolute atomic E-state index is 0.110. The van der Waals surface area contributed by atoms with Crippen molar-refractivity contribution in [2.45, 2.75) is 52.4 Å². The Hall–Kier alpha value is -2.28. The standard InChI is InChI=1S/C18H24N4O2S/c1-4-5-17-21-22-18(25-17)20-16(24)11-10-15(23)19-14-8-6-13(7-9-14)12(2)3/h6-9,12H,4-5,10-11H2,1-3H3,(H,19,23)(H,20,22,24). The van der Waals surface area contributed by atoms with Crippen LogP contribution in [0.2, 0.25) is 0 Å². The monoisotopic (exact) mass is 360 g/mol. The van der Waals surface area contributed by atoms with Gasteiger partial charge in [-0.3, -0.25) is 9.59 Å². The number of hydrogen-bond donors (Lipinski definition) is 2. The summed E-state index contributed by atoms with van der Waals surface area (Å²) < 4.78 is 0. The predicted octanol–water partition coefficient (Wildman–Crippen LogP) is 3.97. The SMILES string of the molecule is CCCc1nnc(NC(=O)CCC(=O)Nc2ccc(C(C)C)cc2)s1. The maximum atomic E-state index is 12.0. The van der Waals surface area contributed by atoms with Crippen molar-refractivity contribution in [2.75, 3.05) is 10.6 Å². The van der Waals surface area contributed by atoms with Gasteiger partial charge in [-0.2, -0.15) is 0 Å². The van der Waals surface area contributed by atoms with Crippen molar-refractivity contribution in [1.29, 1.82) is 0 Å². The highest BCUT2D eigenvalue weighted by Crippen LogP contribution is 2.18. The van der Waals surface area contributed by atoms with Gasteiger partial charge in [0, 0.05) is 24.9 Å². The molecule has 1 aromatic carbocycles. The Morgan fingerprint density at radius 2 is 1.68 bits per heavy atom. The van der Waals surface area contributed by atoms with Gasteiger partial charge in [-0.05, 0) is 30.0 Å². The molecule has 6 nitrogen and oxygen atoms in total. The summed E-state index contributed by atoms with van der Waals surface area (Å²) in [5.41, 5.74) is 1.96. The summed E-state index contributed by atoms with van der Waals surface area (Å²) in [5, 5.41) is 14.8. The number of aromatic nitrogens is 2. The van der Waals surface area contributed by atoms with Crippen LogP contribution in [0.1, 0.15) is 56.5 Å². The minimum Gasteiger partial charge on any atom is -0.326 e. The summed E-state index contributed by atoms with van der Waals surface area (Å²) >= 11 is 1.37. The van der Waals surface area contributed by atoms with E-state index in [1.165, 1.54) is 16.9 Å². The maximum Gasteiger partial charge on any atom is 0.226 e. The number of rotatable bonds is 8. The van der Waals surface area contributed by atoms with Gasteiger partial charge in [0.1, 0.15) is 5.01 Å². The highest BCUT2D eigenvalue weighted by atomic mass is 32.1. The molecular weight excluding hydrogens is 336 g/mol. The lowest BCUT2D eigenvalue weighted by Gasteiger charge is -2.08. The molecule has 0 unspecified atom stereocenters. The summed E-state index contributed by atoms with van der Waals surface area (Å²) in [4.78, 5) is 23.9. The number of amides is 2. The first kappa shape index (κ1) is 19.1. The van der Waals surface area contributed by atoms with Crippen LogP contribution >= 0.6 is 11.3 Å². The van der Waals surface area contributed by atoms with E-state index < -0.39 is 0 Å². The second-order valence-electron chi connectivity index (χ2n) is 6.12. The van der Waals surface area contributed by atoms with E-state index in [-0.39, 0.29) is 24.7 Å². The molecule has 0 saturated carbocycles. The van der Waals surface area contributed by atoms with Crippen LogP contribution in [0, 0.1) is 0 Å². The van der Waals surface area contributed by atoms with Crippen molar-refractivity contribution in [3.05, 3.63) is 34.8 Å². The first-order chi connectivity index (χ1) is 12.0. The molecule has 0 spiro atoms. The number of benzene rings is 1. The lowest BCUT2D eigenvalue weighted by molar-refractivity contribution is -0.121. The Balaban J connectivity index is 1.75. The Bertz CT molecular complexity index is 710. The van der Waals surface area contributed by atoms with Crippen molar-refractivity contribution in [1.82, 2.24) is 10.2 Å². The minimum atomic E-state index is -0.232. The smallest absolute Gasteiger partial charge is 0.226 e. The summed E-state index contributed by atoms with van der Waals surface area (Å²) in [7, 11) is 0. The summed E-state index contributed by atoms with van der Waals surface area (Å²) in [6.07, 6.45) is 2.07. The molecule has 2 aromatic rings. The van der Waals surface area contributed by atoms with Crippen LogP contribution in [-0.4, -0.2) is 22.0 Å². The van der Waals surface area contributed by atoms with Gasteiger partial charge < -0.3 is 10.6 Å². The molecule has 0 radical (unpaired) electrons. The Morgan fingerprint density at radius 3 is 2.28 bits per heavy atom. The van der Waals surface area contributed by atoms with Crippen molar-refractivity contribution in [2.24, 2.45) is 0 Å². The zero-order valence-corrected chi connectivity index (χ0v) is 15.7. The molecule has 2 N–H and O–H groups in total. The molecule has 0 aliphatic rings. The van der Waals surface area contributed by atoms with E-state index in [1.807, 2.05) is 24.3 Å². The molecule has 134 valence electrons. The van der Waals surface area contributed by atoms with Crippen LogP contribution in [0.4, 0.5) is 10.8 Å². The van der Waals surface area contributed by atoms with Crippen molar-refractivity contribution in [3.63, 3.8) is 0 Å². The number of aryl methyl sites for hydroxylation is 1. The first-order valence-corrected chi connectivity index (χ1v) is 9.31. The molecule has 25 heavy (non-hydrogen) atoms. The largest absolute Gasteiger partial charge is 0.326 e. The average molecular weight is 360 g/mol. The maximum absolute atomic E-state index is 12.0. The van der Waals surface area contributed by atoms with Gasteiger partial charge in [0.15, 0.2) is 0 Å². The van der Waals surface area contributed by atoms with E-state index in [4.69, 9.17) is 0 Å². The lowest BCUT2D eigenvalue weighted by Crippen LogP contribution is -2.17. The van der Waals surface area contributed by atoms with Gasteiger partial charge in [-0.15, -0.1) is 10.2 Å². The van der Waals surface area contributed by atoms with Gasteiger partial charge in [-0.1, -0.05) is 44.2 Å². The molecule has 7 heteroatoms. The third kappa shape index (κ3) is 6.26. The van der Waals surface area contributed by atoms with Gasteiger partial charge >= 0.3 is 0 Å². The summed E-state index contributed by atoms with van der Waals surface area (Å²) in [6.45, 7) is 6.30. The molecule has 1 aromatic heterocycles. The van der Waals surface area contributed by atoms with E-state index in [0.717, 1.165) is 23.5 Å². The highest BCUT2D eigenvalue weighted by Gasteiger charge is 2.10. The number of anilines is 2. The molecule has 0 atom stereocenters. The molecule has 0 saturated heterocycles. The topological polar surface area (TPSA) is 84.0 Å². The van der Waals surface area contributed by atoms with E-state index >= 15 is 0 Å². The van der Waals surface area contributed by atoms with Crippen molar-refractivity contribution in [3.8, 4) is 0 Å². The zero-order valence-electron chi connectivity index (χ0n) is 14.8. The van der Waals surface area contributed by atoms with Crippen LogP contribution in [0.15, 0.2) is 24.3 Å². The molecule has 0 aliphatic carbocycles. The summed E-state index contributed by atoms with van der Waals surface area (Å²) in [6, 6.07) is 7.75. The second kappa shape index (κ2) is 9.27. The molecule has 2 amide bonds. The van der Waals surface area contributed by atoms with Crippen LogP contribution in [0.5, 0.6) is 0 Å². The average Bonchev–Trinajstić information content (AvgIpc) is 3.01. The molecule has 0 bridgehead atoms. The molecule has 1 heterocycles. The third-order valence-corrected chi connectivity index (χ3v) is 4.52. The van der Waals surface area contributed by atoms with Crippen LogP contribution in [-0.2, 0) is 16.0 Å². The predicted molar refractivity (Wildman–Crippen MR) is 101 cm³/mol. The van der Waals surface area contributed by atoms with Gasteiger partial charge in [0.2, 0.25) is 16.9 Å². The quantitative estimate of drug-likeness (QED) is 0.746. The van der Waals surface area contributed by atoms with Crippen molar-refractivity contribution < 1.29 is 9.59 Å². The number of carbonyl (C=O) groups is 2. The number of hydrogen-bond acceptors (Lipinski definition) is 5. The van der Waals surface area contributed by atoms with E-state index in [1.54, 1.807) is 0 Å². The lowest BCUT2D eigenvalue weighted by atomic mass is 10.0. The Kier molecular flexibility index (Phi) is 7.06. The number of nitrogens with one attached hydrogen (secondary N) is 2. The fourth-order valence-corrected chi connectivity index (χ4v) is 3.06. The Labute approximate surface area is 152 Å². The van der Waals surface area contributed by atoms with Crippen LogP contribution < -0.4 is 10.6 Å². The van der Waals surface area contributed by atoms with E-state index in [9.17, 15) is 9.59 Å². The fraction of sp³-hybridized carbons (Fsp3) is 0.444. The van der Waals surface area contributed by atoms with Gasteiger partial charge in [0.25, 0.3) is 0 Å². The second-order valence-corrected chi connectivity index (χ2v) is 7.19. The third-order valence-electron chi connectivity index (χ3n) is 3.62. The number of nitrogens with zero attached hydrogens (tertiary/aromatic N) is 2. The molecule has 0 aliphatic heterocycles. The van der Waals surface area contributed by atoms with E-state index in [0.29, 0.717) is 11.0 Å². The Morgan fingerprint density at radius 1 is 1.04 bits per heavy atom. The van der Waals surface area contributed by atoms with E-state index in [2.05, 4.69) is 41.6 Å². The summed E-state index contributed by atoms with van der Waals surface area (Å²) in [5.74, 6) is 0.0347. The van der Waals surface area contributed by atoms with Gasteiger partial charge in [0.05, 0.1) is 0 Å². The van der Waals surface area contributed by atoms with Crippen LogP contribution in [0.3, 0.4) is 0 Å². The van der Waals surface area contributed by atoms with Crippen molar-refractivity contribution >= 4 is 34.0 Å². The highest BCUT2D eigenvalue weighted by molar-refractivity contribution is 7.15. The number of carbonyl (C=O) groups excluding carboxylic acids is 2. The first-order valence-electron chi connectivity index (χ1n) is 8.50. The van der Waals surface area contributed by atoms with Gasteiger partial charge in [-0.25, -0.2) is 0 Å².